The largest absolute Gasteiger partial charge is 0.353 e. The van der Waals surface area contributed by atoms with Crippen LogP contribution in [-0.2, 0) is 4.79 Å². The summed E-state index contributed by atoms with van der Waals surface area (Å²) < 4.78 is 1.52. The molecule has 1 saturated heterocycles. The summed E-state index contributed by atoms with van der Waals surface area (Å²) in [5.41, 5.74) is 1.01. The van der Waals surface area contributed by atoms with Gasteiger partial charge in [0.15, 0.2) is 11.3 Å². The lowest BCUT2D eigenvalue weighted by molar-refractivity contribution is -0.128. The van der Waals surface area contributed by atoms with Crippen molar-refractivity contribution in [3.63, 3.8) is 0 Å². The van der Waals surface area contributed by atoms with E-state index in [-0.39, 0.29) is 11.8 Å². The summed E-state index contributed by atoms with van der Waals surface area (Å²) in [6.45, 7) is 5.06. The number of piperazine rings is 1. The minimum absolute atomic E-state index is 0.0879. The second kappa shape index (κ2) is 5.75. The van der Waals surface area contributed by atoms with Crippen LogP contribution < -0.4 is 5.32 Å². The quantitative estimate of drug-likeness (QED) is 0.906. The predicted molar refractivity (Wildman–Crippen MR) is 80.3 cm³/mol. The molecule has 0 aliphatic carbocycles. The van der Waals surface area contributed by atoms with Crippen molar-refractivity contribution < 1.29 is 9.59 Å². The summed E-state index contributed by atoms with van der Waals surface area (Å²) in [6.07, 6.45) is 3.77. The van der Waals surface area contributed by atoms with Gasteiger partial charge in [-0.25, -0.2) is 9.50 Å². The molecule has 1 aliphatic heterocycles. The molecule has 116 valence electrons. The Hall–Kier alpha value is -2.44. The lowest BCUT2D eigenvalue weighted by atomic mass is 10.00. The van der Waals surface area contributed by atoms with Gasteiger partial charge in [0.1, 0.15) is 6.04 Å². The zero-order valence-corrected chi connectivity index (χ0v) is 12.7. The van der Waals surface area contributed by atoms with Crippen LogP contribution in [0, 0.1) is 5.92 Å². The second-order valence-electron chi connectivity index (χ2n) is 5.87. The van der Waals surface area contributed by atoms with Crippen LogP contribution in [0.3, 0.4) is 0 Å². The van der Waals surface area contributed by atoms with Gasteiger partial charge in [-0.1, -0.05) is 13.8 Å². The average Bonchev–Trinajstić information content (AvgIpc) is 2.92. The Morgan fingerprint density at radius 3 is 3.09 bits per heavy atom. The maximum absolute atomic E-state index is 12.9. The Balaban J connectivity index is 1.93. The van der Waals surface area contributed by atoms with Crippen molar-refractivity contribution in [2.75, 3.05) is 13.1 Å². The molecule has 1 N–H and O–H groups in total. The van der Waals surface area contributed by atoms with Crippen molar-refractivity contribution in [2.24, 2.45) is 5.92 Å². The number of carbonyl (C=O) groups excluding carboxylic acids is 2. The Kier molecular flexibility index (Phi) is 3.79. The van der Waals surface area contributed by atoms with E-state index in [0.717, 1.165) is 0 Å². The third-order valence-electron chi connectivity index (χ3n) is 3.78. The van der Waals surface area contributed by atoms with Gasteiger partial charge in [-0.2, -0.15) is 5.10 Å². The molecule has 22 heavy (non-hydrogen) atoms. The molecular formula is C15H19N5O2. The van der Waals surface area contributed by atoms with Crippen LogP contribution in [0.4, 0.5) is 0 Å². The van der Waals surface area contributed by atoms with Crippen molar-refractivity contribution in [3.8, 4) is 0 Å². The Labute approximate surface area is 128 Å². The third kappa shape index (κ3) is 2.54. The van der Waals surface area contributed by atoms with Crippen molar-refractivity contribution >= 4 is 17.5 Å². The maximum atomic E-state index is 12.9. The number of fused-ring (bicyclic) bond motifs is 1. The van der Waals surface area contributed by atoms with E-state index in [4.69, 9.17) is 0 Å². The van der Waals surface area contributed by atoms with Crippen LogP contribution in [0.2, 0.25) is 0 Å². The monoisotopic (exact) mass is 301 g/mol. The Morgan fingerprint density at radius 1 is 1.50 bits per heavy atom. The zero-order valence-electron chi connectivity index (χ0n) is 12.7. The molecule has 0 saturated carbocycles. The first-order valence-electron chi connectivity index (χ1n) is 7.45. The topological polar surface area (TPSA) is 79.6 Å². The molecule has 0 unspecified atom stereocenters. The van der Waals surface area contributed by atoms with E-state index in [9.17, 15) is 9.59 Å². The molecule has 2 aromatic rings. The predicted octanol–water partition coefficient (Wildman–Crippen LogP) is 0.716. The van der Waals surface area contributed by atoms with Crippen molar-refractivity contribution in [2.45, 2.75) is 26.3 Å². The lowest BCUT2D eigenvalue weighted by Crippen LogP contribution is -2.57. The molecule has 3 heterocycles. The number of nitrogens with one attached hydrogen (secondary N) is 1. The minimum Gasteiger partial charge on any atom is -0.353 e. The standard InChI is InChI=1S/C15H19N5O2/c1-10(2)8-11-14(21)16-6-7-19(11)15(22)12-9-17-13-4-3-5-18-20(12)13/h3-5,9-11H,6-8H2,1-2H3,(H,16,21)/t11-/m0/s1. The van der Waals surface area contributed by atoms with Crippen molar-refractivity contribution in [3.05, 3.63) is 30.2 Å². The summed E-state index contributed by atoms with van der Waals surface area (Å²) in [5.74, 6) is 0.0336. The van der Waals surface area contributed by atoms with E-state index in [1.165, 1.54) is 10.7 Å². The van der Waals surface area contributed by atoms with Crippen LogP contribution in [0.5, 0.6) is 0 Å². The SMILES string of the molecule is CC(C)C[C@H]1C(=O)NCCN1C(=O)c1cnc2cccnn12. The first-order valence-corrected chi connectivity index (χ1v) is 7.45. The van der Waals surface area contributed by atoms with Gasteiger partial charge in [0.25, 0.3) is 5.91 Å². The number of imidazole rings is 1. The molecule has 2 aromatic heterocycles. The number of aromatic nitrogens is 3. The molecule has 0 bridgehead atoms. The highest BCUT2D eigenvalue weighted by molar-refractivity contribution is 5.97. The number of nitrogens with zero attached hydrogens (tertiary/aromatic N) is 4. The van der Waals surface area contributed by atoms with Gasteiger partial charge in [0, 0.05) is 19.3 Å². The average molecular weight is 301 g/mol. The number of carbonyl (C=O) groups is 2. The summed E-state index contributed by atoms with van der Waals surface area (Å²) in [5, 5.41) is 7.00. The van der Waals surface area contributed by atoms with Gasteiger partial charge in [-0.3, -0.25) is 9.59 Å². The van der Waals surface area contributed by atoms with E-state index in [1.807, 2.05) is 13.8 Å². The van der Waals surface area contributed by atoms with Gasteiger partial charge in [0.2, 0.25) is 5.91 Å². The number of hydrogen-bond donors (Lipinski definition) is 1. The van der Waals surface area contributed by atoms with E-state index >= 15 is 0 Å². The minimum atomic E-state index is -0.435. The lowest BCUT2D eigenvalue weighted by Gasteiger charge is -2.35. The first-order chi connectivity index (χ1) is 10.6. The van der Waals surface area contributed by atoms with E-state index in [1.54, 1.807) is 23.2 Å². The molecule has 7 nitrogen and oxygen atoms in total. The van der Waals surface area contributed by atoms with E-state index < -0.39 is 6.04 Å². The fourth-order valence-electron chi connectivity index (χ4n) is 2.76. The summed E-state index contributed by atoms with van der Waals surface area (Å²) >= 11 is 0. The number of amides is 2. The van der Waals surface area contributed by atoms with Crippen LogP contribution in [0.1, 0.15) is 30.8 Å². The molecule has 2 amide bonds. The van der Waals surface area contributed by atoms with Crippen molar-refractivity contribution in [1.29, 1.82) is 0 Å². The highest BCUT2D eigenvalue weighted by Crippen LogP contribution is 2.18. The third-order valence-corrected chi connectivity index (χ3v) is 3.78. The summed E-state index contributed by atoms with van der Waals surface area (Å²) in [4.78, 5) is 30.8. The highest BCUT2D eigenvalue weighted by atomic mass is 16.2. The molecule has 7 heteroatoms. The molecule has 1 aliphatic rings. The van der Waals surface area contributed by atoms with Crippen LogP contribution in [0.15, 0.2) is 24.5 Å². The molecule has 1 atom stereocenters. The molecule has 0 aromatic carbocycles. The van der Waals surface area contributed by atoms with Gasteiger partial charge in [-0.05, 0) is 24.5 Å². The molecule has 3 rings (SSSR count). The molecular weight excluding hydrogens is 282 g/mol. The first kappa shape index (κ1) is 14.5. The zero-order chi connectivity index (χ0) is 15.7. The van der Waals surface area contributed by atoms with Gasteiger partial charge >= 0.3 is 0 Å². The van der Waals surface area contributed by atoms with Crippen LogP contribution in [-0.4, -0.2) is 50.4 Å². The Morgan fingerprint density at radius 2 is 2.32 bits per heavy atom. The van der Waals surface area contributed by atoms with Gasteiger partial charge < -0.3 is 10.2 Å². The highest BCUT2D eigenvalue weighted by Gasteiger charge is 2.35. The van der Waals surface area contributed by atoms with Crippen LogP contribution >= 0.6 is 0 Å². The normalized spacial score (nSPS) is 18.8. The molecule has 0 spiro atoms. The summed E-state index contributed by atoms with van der Waals surface area (Å²) in [6, 6.07) is 3.13. The molecule has 0 radical (unpaired) electrons. The fraction of sp³-hybridized carbons (Fsp3) is 0.467. The van der Waals surface area contributed by atoms with Gasteiger partial charge in [-0.15, -0.1) is 0 Å². The Bertz CT molecular complexity index is 709. The van der Waals surface area contributed by atoms with E-state index in [2.05, 4.69) is 15.4 Å². The maximum Gasteiger partial charge on any atom is 0.274 e. The van der Waals surface area contributed by atoms with Crippen molar-refractivity contribution in [1.82, 2.24) is 24.8 Å². The van der Waals surface area contributed by atoms with Crippen LogP contribution in [0.25, 0.3) is 5.65 Å². The molecule has 1 fully saturated rings. The second-order valence-corrected chi connectivity index (χ2v) is 5.87. The van der Waals surface area contributed by atoms with E-state index in [0.29, 0.717) is 36.8 Å². The smallest absolute Gasteiger partial charge is 0.274 e. The number of rotatable bonds is 3. The fourth-order valence-corrected chi connectivity index (χ4v) is 2.76. The summed E-state index contributed by atoms with van der Waals surface area (Å²) in [7, 11) is 0. The van der Waals surface area contributed by atoms with Gasteiger partial charge in [0.05, 0.1) is 6.20 Å². The number of hydrogen-bond acceptors (Lipinski definition) is 4.